The van der Waals surface area contributed by atoms with E-state index in [4.69, 9.17) is 0 Å². The molecule has 0 spiro atoms. The summed E-state index contributed by atoms with van der Waals surface area (Å²) in [5.41, 5.74) is 5.16. The van der Waals surface area contributed by atoms with Crippen LogP contribution in [0.4, 0.5) is 0 Å². The van der Waals surface area contributed by atoms with Crippen LogP contribution in [-0.2, 0) is 30.2 Å². The molecule has 39 heavy (non-hydrogen) atoms. The van der Waals surface area contributed by atoms with Gasteiger partial charge >= 0.3 is 17.1 Å². The third-order valence-electron chi connectivity index (χ3n) is 5.50. The molecule has 0 saturated heterocycles. The number of nitrogens with zero attached hydrogens (tertiary/aromatic N) is 2. The Morgan fingerprint density at radius 2 is 0.795 bits per heavy atom. The van der Waals surface area contributed by atoms with Gasteiger partial charge in [-0.15, -0.1) is 0 Å². The molecule has 0 aliphatic carbocycles. The zero-order valence-corrected chi connectivity index (χ0v) is 23.1. The maximum Gasteiger partial charge on any atom is 2.00 e. The van der Waals surface area contributed by atoms with Crippen LogP contribution in [0.25, 0.3) is 11.5 Å². The summed E-state index contributed by atoms with van der Waals surface area (Å²) >= 11 is 0. The van der Waals surface area contributed by atoms with E-state index in [2.05, 4.69) is 9.98 Å². The fourth-order valence-corrected chi connectivity index (χ4v) is 3.44. The van der Waals surface area contributed by atoms with Gasteiger partial charge in [0.1, 0.15) is 0 Å². The Kier molecular flexibility index (Phi) is 13.8. The molecule has 0 amide bonds. The van der Waals surface area contributed by atoms with Crippen molar-refractivity contribution in [3.8, 4) is 0 Å². The molecule has 0 aromatic heterocycles. The van der Waals surface area contributed by atoms with E-state index in [0.717, 1.165) is 22.6 Å². The molecule has 0 heterocycles. The summed E-state index contributed by atoms with van der Waals surface area (Å²) in [5.74, 6) is -0.00942. The molecule has 0 N–H and O–H groups in total. The molecule has 0 unspecified atom stereocenters. The summed E-state index contributed by atoms with van der Waals surface area (Å²) in [6.45, 7) is 4.91. The van der Waals surface area contributed by atoms with Crippen LogP contribution in [0, 0.1) is 0 Å². The van der Waals surface area contributed by atoms with Crippen molar-refractivity contribution in [3.63, 3.8) is 0 Å². The summed E-state index contributed by atoms with van der Waals surface area (Å²) in [6, 6.07) is 38.5. The Balaban J connectivity index is 0.000000267. The summed E-state index contributed by atoms with van der Waals surface area (Å²) < 4.78 is 0. The normalized spacial score (nSPS) is 12.2. The third-order valence-corrected chi connectivity index (χ3v) is 5.50. The molecular formula is C34H32CuN2O2. The van der Waals surface area contributed by atoms with E-state index in [0.29, 0.717) is 24.2 Å². The Morgan fingerprint density at radius 1 is 0.513 bits per heavy atom. The van der Waals surface area contributed by atoms with E-state index >= 15 is 0 Å². The molecule has 4 aromatic carbocycles. The molecule has 4 rings (SSSR count). The minimum absolute atomic E-state index is 0. The first-order valence-electron chi connectivity index (χ1n) is 12.5. The van der Waals surface area contributed by atoms with Gasteiger partial charge in [0.05, 0.1) is 13.1 Å². The molecule has 5 heteroatoms. The second kappa shape index (κ2) is 17.4. The van der Waals surface area contributed by atoms with E-state index in [9.17, 15) is 10.2 Å². The van der Waals surface area contributed by atoms with Crippen LogP contribution < -0.4 is 10.2 Å². The fraction of sp³-hybridized carbons (Fsp3) is 0.118. The smallest absolute Gasteiger partial charge is 0.872 e. The Bertz CT molecular complexity index is 1260. The molecule has 0 bridgehead atoms. The number of allylic oxidation sites excluding steroid dienone is 2. The van der Waals surface area contributed by atoms with Crippen LogP contribution in [0.5, 0.6) is 0 Å². The standard InChI is InChI=1S/2C17H17NO.Cu/c2*1-14(18-13-15-8-4-2-5-9-15)12-17(19)16-10-6-3-7-11-16;/h2*2-12,19H,13H2,1H3;/q;;+2/p-2/b2*17-12-,18-14?;. The van der Waals surface area contributed by atoms with Gasteiger partial charge in [-0.2, -0.15) is 0 Å². The van der Waals surface area contributed by atoms with E-state index in [1.54, 1.807) is 12.2 Å². The second-order valence-corrected chi connectivity index (χ2v) is 8.64. The number of benzene rings is 4. The largest absolute Gasteiger partial charge is 2.00 e. The molecule has 0 aliphatic heterocycles. The van der Waals surface area contributed by atoms with Gasteiger partial charge in [-0.05, 0) is 48.3 Å². The zero-order valence-electron chi connectivity index (χ0n) is 22.1. The molecule has 0 saturated carbocycles. The van der Waals surface area contributed by atoms with Gasteiger partial charge in [0.15, 0.2) is 0 Å². The first-order valence-corrected chi connectivity index (χ1v) is 12.5. The monoisotopic (exact) mass is 563 g/mol. The molecule has 4 aromatic rings. The zero-order chi connectivity index (χ0) is 27.0. The summed E-state index contributed by atoms with van der Waals surface area (Å²) in [5, 5.41) is 23.9. The molecule has 0 atom stereocenters. The van der Waals surface area contributed by atoms with Crippen molar-refractivity contribution < 1.29 is 27.3 Å². The SMILES string of the molecule is CC(/C=C(\[O-])c1ccccc1)=NCc1ccccc1.CC(/C=C(\[O-])c1ccccc1)=NCc1ccccc1.[Cu+2]. The van der Waals surface area contributed by atoms with Gasteiger partial charge < -0.3 is 10.2 Å². The second-order valence-electron chi connectivity index (χ2n) is 8.64. The number of aliphatic imine (C=N–C) groups is 2. The Morgan fingerprint density at radius 3 is 1.10 bits per heavy atom. The number of hydrogen-bond acceptors (Lipinski definition) is 4. The average molecular weight is 564 g/mol. The van der Waals surface area contributed by atoms with Gasteiger partial charge in [-0.1, -0.05) is 133 Å². The quantitative estimate of drug-likeness (QED) is 0.148. The van der Waals surface area contributed by atoms with Gasteiger partial charge in [0.2, 0.25) is 0 Å². The minimum atomic E-state index is -0.00471. The third kappa shape index (κ3) is 11.8. The predicted molar refractivity (Wildman–Crippen MR) is 155 cm³/mol. The van der Waals surface area contributed by atoms with E-state index < -0.39 is 0 Å². The first kappa shape index (κ1) is 31.0. The molecule has 0 aliphatic rings. The molecular weight excluding hydrogens is 532 g/mol. The predicted octanol–water partition coefficient (Wildman–Crippen LogP) is 6.10. The molecule has 4 nitrogen and oxygen atoms in total. The van der Waals surface area contributed by atoms with Gasteiger partial charge in [0.25, 0.3) is 0 Å². The maximum atomic E-state index is 11.9. The van der Waals surface area contributed by atoms with Crippen LogP contribution in [0.15, 0.2) is 143 Å². The van der Waals surface area contributed by atoms with Crippen molar-refractivity contribution in [1.29, 1.82) is 0 Å². The fourth-order valence-electron chi connectivity index (χ4n) is 3.44. The Labute approximate surface area is 242 Å². The van der Waals surface area contributed by atoms with Crippen molar-refractivity contribution in [3.05, 3.63) is 156 Å². The van der Waals surface area contributed by atoms with Crippen LogP contribution >= 0.6 is 0 Å². The van der Waals surface area contributed by atoms with Crippen LogP contribution in [0.1, 0.15) is 36.1 Å². The van der Waals surface area contributed by atoms with Crippen LogP contribution in [0.3, 0.4) is 0 Å². The molecule has 201 valence electrons. The van der Waals surface area contributed by atoms with Crippen LogP contribution in [-0.4, -0.2) is 11.4 Å². The van der Waals surface area contributed by atoms with Crippen molar-refractivity contribution in [2.45, 2.75) is 26.9 Å². The van der Waals surface area contributed by atoms with Crippen molar-refractivity contribution in [1.82, 2.24) is 0 Å². The summed E-state index contributed by atoms with van der Waals surface area (Å²) in [7, 11) is 0. The Hall–Kier alpha value is -4.18. The average Bonchev–Trinajstić information content (AvgIpc) is 2.97. The van der Waals surface area contributed by atoms with Crippen molar-refractivity contribution >= 4 is 22.9 Å². The maximum absolute atomic E-state index is 11.9. The molecule has 1 radical (unpaired) electrons. The van der Waals surface area contributed by atoms with Crippen molar-refractivity contribution in [2.75, 3.05) is 0 Å². The van der Waals surface area contributed by atoms with Crippen molar-refractivity contribution in [2.24, 2.45) is 9.98 Å². The van der Waals surface area contributed by atoms with E-state index in [1.165, 1.54) is 0 Å². The topological polar surface area (TPSA) is 70.8 Å². The molecule has 0 fully saturated rings. The van der Waals surface area contributed by atoms with E-state index in [-0.39, 0.29) is 28.6 Å². The minimum Gasteiger partial charge on any atom is -0.872 e. The van der Waals surface area contributed by atoms with E-state index in [1.807, 2.05) is 135 Å². The summed E-state index contributed by atoms with van der Waals surface area (Å²) in [6.07, 6.45) is 3.16. The summed E-state index contributed by atoms with van der Waals surface area (Å²) in [4.78, 5) is 8.80. The number of rotatable bonds is 8. The van der Waals surface area contributed by atoms with Crippen LogP contribution in [0.2, 0.25) is 0 Å². The van der Waals surface area contributed by atoms with Gasteiger partial charge in [-0.3, -0.25) is 9.98 Å². The van der Waals surface area contributed by atoms with Gasteiger partial charge in [-0.25, -0.2) is 0 Å². The number of hydrogen-bond donors (Lipinski definition) is 0. The first-order chi connectivity index (χ1) is 18.5. The van der Waals surface area contributed by atoms with Gasteiger partial charge in [0, 0.05) is 11.4 Å².